The predicted octanol–water partition coefficient (Wildman–Crippen LogP) is 3.70. The zero-order chi connectivity index (χ0) is 21.6. The van der Waals surface area contributed by atoms with Gasteiger partial charge in [0.25, 0.3) is 0 Å². The molecule has 1 N–H and O–H groups in total. The maximum Gasteiger partial charge on any atom is 0.244 e. The van der Waals surface area contributed by atoms with Crippen LogP contribution in [0.15, 0.2) is 42.5 Å². The van der Waals surface area contributed by atoms with Crippen molar-refractivity contribution in [1.29, 1.82) is 0 Å². The summed E-state index contributed by atoms with van der Waals surface area (Å²) in [7, 11) is -3.67. The maximum atomic E-state index is 12.7. The molecule has 0 saturated carbocycles. The topological polar surface area (TPSA) is 75.7 Å². The Morgan fingerprint density at radius 2 is 1.83 bits per heavy atom. The summed E-state index contributed by atoms with van der Waals surface area (Å²) in [6.07, 6.45) is 1.40. The molecule has 2 aromatic rings. The fraction of sp³-hybridized carbons (Fsp3) is 0.381. The zero-order valence-electron chi connectivity index (χ0n) is 17.1. The molecule has 2 aromatic carbocycles. The third kappa shape index (κ3) is 6.11. The fourth-order valence-electron chi connectivity index (χ4n) is 2.98. The molecule has 158 valence electrons. The van der Waals surface area contributed by atoms with Crippen molar-refractivity contribution in [3.05, 3.63) is 58.6 Å². The highest BCUT2D eigenvalue weighted by molar-refractivity contribution is 7.92. The Kier molecular flexibility index (Phi) is 7.93. The van der Waals surface area contributed by atoms with E-state index < -0.39 is 16.1 Å². The first-order valence-corrected chi connectivity index (χ1v) is 11.6. The number of aryl methyl sites for hydroxylation is 1. The number of hydrogen-bond acceptors (Lipinski definition) is 4. The molecule has 29 heavy (non-hydrogen) atoms. The number of sulfonamides is 1. The molecule has 0 spiro atoms. The van der Waals surface area contributed by atoms with Crippen molar-refractivity contribution in [2.24, 2.45) is 0 Å². The van der Waals surface area contributed by atoms with Gasteiger partial charge in [0.1, 0.15) is 18.4 Å². The van der Waals surface area contributed by atoms with Crippen molar-refractivity contribution < 1.29 is 17.9 Å². The average Bonchev–Trinajstić information content (AvgIpc) is 2.66. The Labute approximate surface area is 177 Å². The smallest absolute Gasteiger partial charge is 0.244 e. The third-order valence-corrected chi connectivity index (χ3v) is 6.06. The molecule has 0 saturated heterocycles. The molecular weight excluding hydrogens is 412 g/mol. The lowest BCUT2D eigenvalue weighted by Crippen LogP contribution is -2.50. The van der Waals surface area contributed by atoms with Crippen molar-refractivity contribution in [3.63, 3.8) is 0 Å². The van der Waals surface area contributed by atoms with E-state index >= 15 is 0 Å². The van der Waals surface area contributed by atoms with Gasteiger partial charge < -0.3 is 10.1 Å². The lowest BCUT2D eigenvalue weighted by Gasteiger charge is -2.30. The second kappa shape index (κ2) is 9.98. The second-order valence-electron chi connectivity index (χ2n) is 6.80. The van der Waals surface area contributed by atoms with E-state index in [-0.39, 0.29) is 19.1 Å². The second-order valence-corrected chi connectivity index (χ2v) is 9.09. The highest BCUT2D eigenvalue weighted by Crippen LogP contribution is 2.24. The SMILES string of the molecule is CCC(C(=O)NCCOc1cccc(C)c1C)N(c1ccc(Cl)cc1)S(C)(=O)=O. The monoisotopic (exact) mass is 438 g/mol. The first-order valence-electron chi connectivity index (χ1n) is 9.36. The summed E-state index contributed by atoms with van der Waals surface area (Å²) in [6, 6.07) is 11.3. The molecule has 2 rings (SSSR count). The number of anilines is 1. The van der Waals surface area contributed by atoms with E-state index in [9.17, 15) is 13.2 Å². The third-order valence-electron chi connectivity index (χ3n) is 4.62. The lowest BCUT2D eigenvalue weighted by atomic mass is 10.1. The van der Waals surface area contributed by atoms with Crippen LogP contribution in [-0.2, 0) is 14.8 Å². The maximum absolute atomic E-state index is 12.7. The standard InChI is InChI=1S/C21H27ClN2O4S/c1-5-19(24(29(4,26)27)18-11-9-17(22)10-12-18)21(25)23-13-14-28-20-8-6-7-15(2)16(20)3/h6-12,19H,5,13-14H2,1-4H3,(H,23,25). The van der Waals surface area contributed by atoms with E-state index in [0.29, 0.717) is 17.1 Å². The normalized spacial score (nSPS) is 12.3. The highest BCUT2D eigenvalue weighted by Gasteiger charge is 2.31. The average molecular weight is 439 g/mol. The molecule has 0 bridgehead atoms. The molecule has 0 radical (unpaired) electrons. The van der Waals surface area contributed by atoms with Gasteiger partial charge in [0, 0.05) is 5.02 Å². The van der Waals surface area contributed by atoms with Crippen LogP contribution in [0.4, 0.5) is 5.69 Å². The van der Waals surface area contributed by atoms with Gasteiger partial charge in [-0.25, -0.2) is 8.42 Å². The van der Waals surface area contributed by atoms with E-state index in [1.54, 1.807) is 31.2 Å². The van der Waals surface area contributed by atoms with Crippen LogP contribution in [0, 0.1) is 13.8 Å². The van der Waals surface area contributed by atoms with Crippen molar-refractivity contribution in [3.8, 4) is 5.75 Å². The number of nitrogens with one attached hydrogen (secondary N) is 1. The van der Waals surface area contributed by atoms with Crippen LogP contribution in [0.1, 0.15) is 24.5 Å². The first kappa shape index (κ1) is 23.0. The van der Waals surface area contributed by atoms with Crippen molar-refractivity contribution in [2.75, 3.05) is 23.7 Å². The summed E-state index contributed by atoms with van der Waals surface area (Å²) in [5.74, 6) is 0.391. The van der Waals surface area contributed by atoms with Gasteiger partial charge in [-0.2, -0.15) is 0 Å². The van der Waals surface area contributed by atoms with E-state index in [1.807, 2.05) is 32.0 Å². The molecule has 0 fully saturated rings. The number of benzene rings is 2. The molecule has 6 nitrogen and oxygen atoms in total. The first-order chi connectivity index (χ1) is 13.6. The van der Waals surface area contributed by atoms with E-state index in [4.69, 9.17) is 16.3 Å². The summed E-state index contributed by atoms with van der Waals surface area (Å²) in [5, 5.41) is 3.26. The van der Waals surface area contributed by atoms with Gasteiger partial charge in [0.15, 0.2) is 0 Å². The van der Waals surface area contributed by atoms with Gasteiger partial charge in [-0.3, -0.25) is 9.10 Å². The molecule has 0 aliphatic rings. The van der Waals surface area contributed by atoms with Crippen LogP contribution in [0.3, 0.4) is 0 Å². The van der Waals surface area contributed by atoms with Gasteiger partial charge in [-0.05, 0) is 61.7 Å². The quantitative estimate of drug-likeness (QED) is 0.606. The molecule has 1 atom stereocenters. The summed E-state index contributed by atoms with van der Waals surface area (Å²) < 4.78 is 31.7. The van der Waals surface area contributed by atoms with Crippen molar-refractivity contribution >= 4 is 33.2 Å². The largest absolute Gasteiger partial charge is 0.491 e. The van der Waals surface area contributed by atoms with Crippen molar-refractivity contribution in [2.45, 2.75) is 33.2 Å². The number of rotatable bonds is 9. The van der Waals surface area contributed by atoms with Gasteiger partial charge >= 0.3 is 0 Å². The minimum atomic E-state index is -3.67. The lowest BCUT2D eigenvalue weighted by molar-refractivity contribution is -0.122. The zero-order valence-corrected chi connectivity index (χ0v) is 18.7. The van der Waals surface area contributed by atoms with E-state index in [2.05, 4.69) is 5.32 Å². The number of carbonyl (C=O) groups excluding carboxylic acids is 1. The van der Waals surface area contributed by atoms with E-state index in [1.165, 1.54) is 0 Å². The Bertz CT molecular complexity index is 946. The molecule has 1 amide bonds. The summed E-state index contributed by atoms with van der Waals surface area (Å²) in [4.78, 5) is 12.7. The van der Waals surface area contributed by atoms with Crippen molar-refractivity contribution in [1.82, 2.24) is 5.32 Å². The Morgan fingerprint density at radius 3 is 2.41 bits per heavy atom. The van der Waals surface area contributed by atoms with Crippen LogP contribution in [0.25, 0.3) is 0 Å². The molecule has 0 heterocycles. The molecule has 0 aliphatic carbocycles. The molecule has 1 unspecified atom stereocenters. The van der Waals surface area contributed by atoms with Crippen LogP contribution in [-0.4, -0.2) is 39.8 Å². The van der Waals surface area contributed by atoms with Crippen LogP contribution < -0.4 is 14.4 Å². The number of nitrogens with zero attached hydrogens (tertiary/aromatic N) is 1. The van der Waals surface area contributed by atoms with Crippen LogP contribution in [0.2, 0.25) is 5.02 Å². The van der Waals surface area contributed by atoms with Gasteiger partial charge in [-0.1, -0.05) is 30.7 Å². The number of amides is 1. The molecule has 0 aliphatic heterocycles. The predicted molar refractivity (Wildman–Crippen MR) is 117 cm³/mol. The van der Waals surface area contributed by atoms with E-state index in [0.717, 1.165) is 27.4 Å². The molecule has 8 heteroatoms. The minimum Gasteiger partial charge on any atom is -0.491 e. The Hall–Kier alpha value is -2.25. The highest BCUT2D eigenvalue weighted by atomic mass is 35.5. The number of ether oxygens (including phenoxy) is 1. The van der Waals surface area contributed by atoms with Gasteiger partial charge in [0.05, 0.1) is 18.5 Å². The Balaban J connectivity index is 2.05. The minimum absolute atomic E-state index is 0.265. The number of carbonyl (C=O) groups is 1. The van der Waals surface area contributed by atoms with Crippen LogP contribution >= 0.6 is 11.6 Å². The molecule has 0 aromatic heterocycles. The summed E-state index contributed by atoms with van der Waals surface area (Å²) in [6.45, 7) is 6.30. The Morgan fingerprint density at radius 1 is 1.17 bits per heavy atom. The molecular formula is C21H27ClN2O4S. The van der Waals surface area contributed by atoms with Gasteiger partial charge in [-0.15, -0.1) is 0 Å². The van der Waals surface area contributed by atoms with Crippen LogP contribution in [0.5, 0.6) is 5.75 Å². The summed E-state index contributed by atoms with van der Waals surface area (Å²) >= 11 is 5.90. The number of halogens is 1. The number of hydrogen-bond donors (Lipinski definition) is 1. The summed E-state index contributed by atoms with van der Waals surface area (Å²) in [5.41, 5.74) is 2.58. The fourth-order valence-corrected chi connectivity index (χ4v) is 4.32. The van der Waals surface area contributed by atoms with Gasteiger partial charge in [0.2, 0.25) is 15.9 Å².